The molecule has 6 heteroatoms. The standard InChI is InChI=1S/C24H41NO5/c1-4-5-6-7-8-9-10-11-12-13-22(28-2)18-19-24(29-3)20-30-23-16-14-21(15-17-23)25(26)27/h14-17,22,24H,4-13,18-20H2,1-3H3. The van der Waals surface area contributed by atoms with Gasteiger partial charge in [-0.15, -0.1) is 0 Å². The summed E-state index contributed by atoms with van der Waals surface area (Å²) in [4.78, 5) is 10.3. The molecule has 6 nitrogen and oxygen atoms in total. The lowest BCUT2D eigenvalue weighted by molar-refractivity contribution is -0.384. The quantitative estimate of drug-likeness (QED) is 0.141. The number of nitrogens with zero attached hydrogens (tertiary/aromatic N) is 1. The molecular formula is C24H41NO5. The number of unbranched alkanes of at least 4 members (excludes halogenated alkanes) is 8. The number of hydrogen-bond acceptors (Lipinski definition) is 5. The van der Waals surface area contributed by atoms with E-state index in [1.54, 1.807) is 26.4 Å². The summed E-state index contributed by atoms with van der Waals surface area (Å²) < 4.78 is 16.9. The van der Waals surface area contributed by atoms with E-state index in [0.717, 1.165) is 19.3 Å². The molecule has 0 aliphatic heterocycles. The van der Waals surface area contributed by atoms with E-state index >= 15 is 0 Å². The van der Waals surface area contributed by atoms with Crippen LogP contribution in [0.2, 0.25) is 0 Å². The molecule has 1 rings (SSSR count). The zero-order valence-corrected chi connectivity index (χ0v) is 19.1. The molecule has 0 aromatic heterocycles. The minimum Gasteiger partial charge on any atom is -0.491 e. The Hall–Kier alpha value is -1.66. The third-order valence-electron chi connectivity index (χ3n) is 5.59. The molecule has 2 unspecified atom stereocenters. The maximum Gasteiger partial charge on any atom is 0.269 e. The highest BCUT2D eigenvalue weighted by molar-refractivity contribution is 5.35. The topological polar surface area (TPSA) is 70.8 Å². The fourth-order valence-electron chi connectivity index (χ4n) is 3.56. The van der Waals surface area contributed by atoms with E-state index in [1.807, 2.05) is 0 Å². The Balaban J connectivity index is 2.17. The second-order valence-corrected chi connectivity index (χ2v) is 7.97. The smallest absolute Gasteiger partial charge is 0.269 e. The van der Waals surface area contributed by atoms with Crippen LogP contribution in [0.25, 0.3) is 0 Å². The molecule has 0 aliphatic carbocycles. The van der Waals surface area contributed by atoms with Gasteiger partial charge in [0.15, 0.2) is 0 Å². The van der Waals surface area contributed by atoms with E-state index in [2.05, 4.69) is 6.92 Å². The second kappa shape index (κ2) is 17.1. The van der Waals surface area contributed by atoms with Crippen LogP contribution in [0.3, 0.4) is 0 Å². The fourth-order valence-corrected chi connectivity index (χ4v) is 3.56. The van der Waals surface area contributed by atoms with Crippen molar-refractivity contribution < 1.29 is 19.1 Å². The van der Waals surface area contributed by atoms with E-state index in [4.69, 9.17) is 14.2 Å². The molecule has 2 atom stereocenters. The maximum atomic E-state index is 10.7. The summed E-state index contributed by atoms with van der Waals surface area (Å²) in [6.45, 7) is 2.68. The van der Waals surface area contributed by atoms with Crippen LogP contribution in [0.4, 0.5) is 5.69 Å². The van der Waals surface area contributed by atoms with Gasteiger partial charge in [0.2, 0.25) is 0 Å². The van der Waals surface area contributed by atoms with Crippen LogP contribution in [0.15, 0.2) is 24.3 Å². The Morgan fingerprint density at radius 1 is 0.800 bits per heavy atom. The van der Waals surface area contributed by atoms with Crippen molar-refractivity contribution in [2.45, 2.75) is 96.2 Å². The molecule has 0 bridgehead atoms. The SMILES string of the molecule is CCCCCCCCCCCC(CCC(COc1ccc([N+](=O)[O-])cc1)OC)OC. The van der Waals surface area contributed by atoms with Gasteiger partial charge < -0.3 is 14.2 Å². The zero-order valence-electron chi connectivity index (χ0n) is 19.1. The number of ether oxygens (including phenoxy) is 3. The van der Waals surface area contributed by atoms with Gasteiger partial charge in [-0.3, -0.25) is 10.1 Å². The third kappa shape index (κ3) is 12.1. The van der Waals surface area contributed by atoms with Crippen LogP contribution in [0, 0.1) is 10.1 Å². The normalized spacial score (nSPS) is 13.2. The molecule has 0 N–H and O–H groups in total. The summed E-state index contributed by atoms with van der Waals surface area (Å²) >= 11 is 0. The van der Waals surface area contributed by atoms with Gasteiger partial charge >= 0.3 is 0 Å². The van der Waals surface area contributed by atoms with E-state index in [-0.39, 0.29) is 17.9 Å². The minimum absolute atomic E-state index is 0.0269. The first-order chi connectivity index (χ1) is 14.6. The van der Waals surface area contributed by atoms with Crippen molar-refractivity contribution in [3.63, 3.8) is 0 Å². The first-order valence-electron chi connectivity index (χ1n) is 11.5. The summed E-state index contributed by atoms with van der Waals surface area (Å²) in [7, 11) is 3.47. The Bertz CT molecular complexity index is 549. The number of nitro benzene ring substituents is 1. The summed E-state index contributed by atoms with van der Waals surface area (Å²) in [5.41, 5.74) is 0.0603. The number of benzene rings is 1. The van der Waals surface area contributed by atoms with Crippen LogP contribution in [-0.2, 0) is 9.47 Å². The number of methoxy groups -OCH3 is 2. The highest BCUT2D eigenvalue weighted by Gasteiger charge is 2.14. The molecule has 0 fully saturated rings. The summed E-state index contributed by atoms with van der Waals surface area (Å²) in [6, 6.07) is 6.13. The highest BCUT2D eigenvalue weighted by Crippen LogP contribution is 2.19. The van der Waals surface area contributed by atoms with E-state index < -0.39 is 4.92 Å². The van der Waals surface area contributed by atoms with Crippen LogP contribution >= 0.6 is 0 Å². The predicted molar refractivity (Wildman–Crippen MR) is 121 cm³/mol. The molecule has 0 saturated carbocycles. The van der Waals surface area contributed by atoms with Gasteiger partial charge in [-0.1, -0.05) is 64.7 Å². The Labute approximate surface area is 182 Å². The van der Waals surface area contributed by atoms with Crippen LogP contribution in [0.5, 0.6) is 5.75 Å². The molecule has 1 aromatic rings. The van der Waals surface area contributed by atoms with Crippen molar-refractivity contribution in [2.75, 3.05) is 20.8 Å². The molecule has 0 radical (unpaired) electrons. The van der Waals surface area contributed by atoms with Gasteiger partial charge in [-0.05, 0) is 31.4 Å². The lowest BCUT2D eigenvalue weighted by Gasteiger charge is -2.20. The van der Waals surface area contributed by atoms with Gasteiger partial charge in [-0.2, -0.15) is 0 Å². The number of hydrogen-bond donors (Lipinski definition) is 0. The average Bonchev–Trinajstić information content (AvgIpc) is 2.76. The van der Waals surface area contributed by atoms with Crippen LogP contribution in [-0.4, -0.2) is 38.0 Å². The third-order valence-corrected chi connectivity index (χ3v) is 5.59. The summed E-state index contributed by atoms with van der Waals surface area (Å²) in [5, 5.41) is 10.7. The monoisotopic (exact) mass is 423 g/mol. The number of non-ortho nitro benzene ring substituents is 1. The van der Waals surface area contributed by atoms with Crippen molar-refractivity contribution in [1.29, 1.82) is 0 Å². The Morgan fingerprint density at radius 3 is 1.87 bits per heavy atom. The van der Waals surface area contributed by atoms with Crippen molar-refractivity contribution >= 4 is 5.69 Å². The Morgan fingerprint density at radius 2 is 1.33 bits per heavy atom. The van der Waals surface area contributed by atoms with Crippen molar-refractivity contribution in [3.8, 4) is 5.75 Å². The van der Waals surface area contributed by atoms with E-state index in [9.17, 15) is 10.1 Å². The predicted octanol–water partition coefficient (Wildman–Crippen LogP) is 6.70. The molecular weight excluding hydrogens is 382 g/mol. The Kier molecular flexibility index (Phi) is 15.0. The molecule has 0 spiro atoms. The number of rotatable bonds is 19. The van der Waals surface area contributed by atoms with E-state index in [0.29, 0.717) is 12.4 Å². The lowest BCUT2D eigenvalue weighted by atomic mass is 10.0. The molecule has 30 heavy (non-hydrogen) atoms. The molecule has 0 saturated heterocycles. The molecule has 0 heterocycles. The van der Waals surface area contributed by atoms with Crippen LogP contribution in [0.1, 0.15) is 84.0 Å². The molecule has 0 aliphatic rings. The van der Waals surface area contributed by atoms with Gasteiger partial charge in [0, 0.05) is 26.4 Å². The van der Waals surface area contributed by atoms with Gasteiger partial charge in [0.05, 0.1) is 17.1 Å². The molecule has 1 aromatic carbocycles. The fraction of sp³-hybridized carbons (Fsp3) is 0.750. The summed E-state index contributed by atoms with van der Waals surface area (Å²) in [5.74, 6) is 0.612. The first kappa shape index (κ1) is 26.4. The summed E-state index contributed by atoms with van der Waals surface area (Å²) in [6.07, 6.45) is 15.1. The van der Waals surface area contributed by atoms with Crippen LogP contribution < -0.4 is 4.74 Å². The van der Waals surface area contributed by atoms with Crippen molar-refractivity contribution in [1.82, 2.24) is 0 Å². The van der Waals surface area contributed by atoms with Gasteiger partial charge in [0.25, 0.3) is 5.69 Å². The van der Waals surface area contributed by atoms with E-state index in [1.165, 1.54) is 69.9 Å². The molecule has 0 amide bonds. The zero-order chi connectivity index (χ0) is 22.0. The largest absolute Gasteiger partial charge is 0.491 e. The van der Waals surface area contributed by atoms with Crippen molar-refractivity contribution in [2.24, 2.45) is 0 Å². The highest BCUT2D eigenvalue weighted by atomic mass is 16.6. The number of nitro groups is 1. The van der Waals surface area contributed by atoms with Crippen molar-refractivity contribution in [3.05, 3.63) is 34.4 Å². The second-order valence-electron chi connectivity index (χ2n) is 7.97. The minimum atomic E-state index is -0.416. The molecule has 172 valence electrons. The maximum absolute atomic E-state index is 10.7. The van der Waals surface area contributed by atoms with Gasteiger partial charge in [-0.25, -0.2) is 0 Å². The first-order valence-corrected chi connectivity index (χ1v) is 11.5. The van der Waals surface area contributed by atoms with Gasteiger partial charge in [0.1, 0.15) is 12.4 Å². The lowest BCUT2D eigenvalue weighted by Crippen LogP contribution is -2.23. The average molecular weight is 424 g/mol.